The van der Waals surface area contributed by atoms with Crippen molar-refractivity contribution >= 4 is 17.2 Å². The summed E-state index contributed by atoms with van der Waals surface area (Å²) < 4.78 is 27.6. The number of benzene rings is 3. The van der Waals surface area contributed by atoms with Crippen LogP contribution in [0.15, 0.2) is 103 Å². The minimum atomic E-state index is -0.483. The molecule has 0 fully saturated rings. The van der Waals surface area contributed by atoms with Gasteiger partial charge in [-0.25, -0.2) is 9.37 Å². The maximum absolute atomic E-state index is 14.2. The third-order valence-corrected chi connectivity index (χ3v) is 6.16. The van der Waals surface area contributed by atoms with Gasteiger partial charge in [-0.15, -0.1) is 0 Å². The zero-order valence-electron chi connectivity index (χ0n) is 20.3. The van der Waals surface area contributed by atoms with Gasteiger partial charge in [-0.3, -0.25) is 4.79 Å². The Morgan fingerprint density at radius 2 is 1.81 bits per heavy atom. The van der Waals surface area contributed by atoms with Crippen LogP contribution in [0.2, 0.25) is 0 Å². The van der Waals surface area contributed by atoms with Crippen LogP contribution in [0, 0.1) is 5.82 Å². The molecule has 0 aliphatic heterocycles. The molecule has 0 aliphatic carbocycles. The van der Waals surface area contributed by atoms with E-state index in [2.05, 4.69) is 10.3 Å². The number of carbonyl (C=O) groups excluding carboxylic acids is 1. The van der Waals surface area contributed by atoms with Crippen LogP contribution < -0.4 is 14.8 Å². The van der Waals surface area contributed by atoms with Gasteiger partial charge in [0.1, 0.15) is 18.2 Å². The Bertz CT molecular complexity index is 1520. The summed E-state index contributed by atoms with van der Waals surface area (Å²) in [6, 6.07) is 27.4. The molecule has 3 aromatic carbocycles. The van der Waals surface area contributed by atoms with E-state index in [9.17, 15) is 9.18 Å². The fraction of sp³-hybridized carbons (Fsp3) is 0.133. The van der Waals surface area contributed by atoms with Crippen LogP contribution in [0.5, 0.6) is 11.5 Å². The molecule has 0 bridgehead atoms. The highest BCUT2D eigenvalue weighted by Crippen LogP contribution is 2.33. The minimum Gasteiger partial charge on any atom is -0.497 e. The van der Waals surface area contributed by atoms with Crippen LogP contribution in [0.3, 0.4) is 0 Å². The number of nitrogens with one attached hydrogen (secondary N) is 1. The van der Waals surface area contributed by atoms with Crippen molar-refractivity contribution in [3.8, 4) is 11.5 Å². The molecule has 0 aliphatic rings. The van der Waals surface area contributed by atoms with Crippen molar-refractivity contribution < 1.29 is 18.7 Å². The second-order valence-corrected chi connectivity index (χ2v) is 8.58. The summed E-state index contributed by atoms with van der Waals surface area (Å²) in [7, 11) is 1.60. The first-order valence-electron chi connectivity index (χ1n) is 11.9. The fourth-order valence-electron chi connectivity index (χ4n) is 4.31. The van der Waals surface area contributed by atoms with E-state index in [-0.39, 0.29) is 23.9 Å². The van der Waals surface area contributed by atoms with Gasteiger partial charge in [-0.2, -0.15) is 0 Å². The van der Waals surface area contributed by atoms with Crippen molar-refractivity contribution in [2.75, 3.05) is 12.4 Å². The number of carbonyl (C=O) groups is 1. The maximum Gasteiger partial charge on any atom is 0.225 e. The number of methoxy groups -OCH3 is 1. The Morgan fingerprint density at radius 3 is 2.62 bits per heavy atom. The number of imidazole rings is 1. The van der Waals surface area contributed by atoms with Gasteiger partial charge in [0.15, 0.2) is 11.4 Å². The summed E-state index contributed by atoms with van der Waals surface area (Å²) in [5.41, 5.74) is 3.52. The Morgan fingerprint density at radius 1 is 1.00 bits per heavy atom. The molecule has 1 unspecified atom stereocenters. The molecular formula is C30H26FN3O3. The molecule has 5 aromatic rings. The lowest BCUT2D eigenvalue weighted by Gasteiger charge is -2.18. The lowest BCUT2D eigenvalue weighted by atomic mass is 9.92. The van der Waals surface area contributed by atoms with Gasteiger partial charge in [-0.05, 0) is 47.5 Å². The monoisotopic (exact) mass is 495 g/mol. The molecule has 7 heteroatoms. The van der Waals surface area contributed by atoms with Gasteiger partial charge in [0, 0.05) is 24.7 Å². The average Bonchev–Trinajstić information content (AvgIpc) is 3.37. The molecule has 1 N–H and O–H groups in total. The van der Waals surface area contributed by atoms with Crippen LogP contribution in [0.1, 0.15) is 29.2 Å². The number of anilines is 1. The van der Waals surface area contributed by atoms with E-state index in [1.165, 1.54) is 6.07 Å². The van der Waals surface area contributed by atoms with E-state index in [4.69, 9.17) is 9.47 Å². The molecule has 186 valence electrons. The molecule has 2 aromatic heterocycles. The smallest absolute Gasteiger partial charge is 0.225 e. The molecule has 0 saturated heterocycles. The standard InChI is InChI=1S/C30H26FN3O3/c1-36-23-12-7-11-22(17-23)24(18-29(35)33-26-14-6-5-13-25(26)31)27-19-32-30-28(15-8-16-34(27)30)37-20-21-9-3-2-4-10-21/h2-17,19,24H,18,20H2,1H3,(H,33,35). The minimum absolute atomic E-state index is 0.0738. The van der Waals surface area contributed by atoms with Crippen LogP contribution >= 0.6 is 0 Å². The molecule has 37 heavy (non-hydrogen) atoms. The quantitative estimate of drug-likeness (QED) is 0.264. The number of pyridine rings is 1. The van der Waals surface area contributed by atoms with Crippen LogP contribution in [-0.4, -0.2) is 22.4 Å². The zero-order valence-corrected chi connectivity index (χ0v) is 20.3. The fourth-order valence-corrected chi connectivity index (χ4v) is 4.31. The number of rotatable bonds is 9. The molecule has 1 atom stereocenters. The molecule has 5 rings (SSSR count). The summed E-state index contributed by atoms with van der Waals surface area (Å²) >= 11 is 0. The molecule has 0 radical (unpaired) electrons. The molecular weight excluding hydrogens is 469 g/mol. The topological polar surface area (TPSA) is 64.9 Å². The predicted molar refractivity (Wildman–Crippen MR) is 140 cm³/mol. The molecule has 0 saturated carbocycles. The van der Waals surface area contributed by atoms with Gasteiger partial charge in [-0.1, -0.05) is 54.6 Å². The number of amides is 1. The summed E-state index contributed by atoms with van der Waals surface area (Å²) in [5, 5.41) is 2.70. The second-order valence-electron chi connectivity index (χ2n) is 8.58. The third-order valence-electron chi connectivity index (χ3n) is 6.16. The van der Waals surface area contributed by atoms with Crippen molar-refractivity contribution in [2.45, 2.75) is 18.9 Å². The van der Waals surface area contributed by atoms with Gasteiger partial charge in [0.2, 0.25) is 5.91 Å². The van der Waals surface area contributed by atoms with E-state index < -0.39 is 5.82 Å². The Hall–Kier alpha value is -4.65. The molecule has 0 spiro atoms. The normalized spacial score (nSPS) is 11.7. The van der Waals surface area contributed by atoms with Crippen molar-refractivity contribution in [3.05, 3.63) is 126 Å². The van der Waals surface area contributed by atoms with E-state index in [0.29, 0.717) is 23.8 Å². The number of aromatic nitrogens is 2. The van der Waals surface area contributed by atoms with E-state index in [1.54, 1.807) is 31.5 Å². The average molecular weight is 496 g/mol. The van der Waals surface area contributed by atoms with Crippen LogP contribution in [0.25, 0.3) is 5.65 Å². The summed E-state index contributed by atoms with van der Waals surface area (Å²) in [6.45, 7) is 0.410. The van der Waals surface area contributed by atoms with E-state index in [1.807, 2.05) is 77.3 Å². The van der Waals surface area contributed by atoms with Crippen molar-refractivity contribution in [1.29, 1.82) is 0 Å². The summed E-state index contributed by atoms with van der Waals surface area (Å²) in [6.07, 6.45) is 3.73. The predicted octanol–water partition coefficient (Wildman–Crippen LogP) is 6.22. The largest absolute Gasteiger partial charge is 0.497 e. The Balaban J connectivity index is 1.48. The highest BCUT2D eigenvalue weighted by molar-refractivity contribution is 5.91. The first-order chi connectivity index (χ1) is 18.1. The SMILES string of the molecule is COc1cccc(C(CC(=O)Nc2ccccc2F)c2cnc3c(OCc4ccccc4)cccn23)c1. The number of hydrogen-bond donors (Lipinski definition) is 1. The number of nitrogens with zero attached hydrogens (tertiary/aromatic N) is 2. The van der Waals surface area contributed by atoms with Gasteiger partial charge in [0.25, 0.3) is 0 Å². The molecule has 2 heterocycles. The third kappa shape index (κ3) is 5.46. The highest BCUT2D eigenvalue weighted by atomic mass is 19.1. The van der Waals surface area contributed by atoms with Crippen LogP contribution in [0.4, 0.5) is 10.1 Å². The lowest BCUT2D eigenvalue weighted by molar-refractivity contribution is -0.116. The first-order valence-corrected chi connectivity index (χ1v) is 11.9. The molecule has 6 nitrogen and oxygen atoms in total. The summed E-state index contributed by atoms with van der Waals surface area (Å²) in [5.74, 6) is 0.143. The Labute approximate surface area is 214 Å². The van der Waals surface area contributed by atoms with Crippen molar-refractivity contribution in [2.24, 2.45) is 0 Å². The zero-order chi connectivity index (χ0) is 25.6. The van der Waals surface area contributed by atoms with Crippen molar-refractivity contribution in [1.82, 2.24) is 9.38 Å². The van der Waals surface area contributed by atoms with Crippen LogP contribution in [-0.2, 0) is 11.4 Å². The van der Waals surface area contributed by atoms with Crippen molar-refractivity contribution in [3.63, 3.8) is 0 Å². The van der Waals surface area contributed by atoms with E-state index >= 15 is 0 Å². The molecule has 1 amide bonds. The Kier molecular flexibility index (Phi) is 7.12. The highest BCUT2D eigenvalue weighted by Gasteiger charge is 2.24. The maximum atomic E-state index is 14.2. The van der Waals surface area contributed by atoms with Gasteiger partial charge < -0.3 is 19.2 Å². The second kappa shape index (κ2) is 11.0. The first kappa shape index (κ1) is 24.1. The lowest BCUT2D eigenvalue weighted by Crippen LogP contribution is -2.18. The number of para-hydroxylation sites is 1. The van der Waals surface area contributed by atoms with E-state index in [0.717, 1.165) is 16.8 Å². The summed E-state index contributed by atoms with van der Waals surface area (Å²) in [4.78, 5) is 17.7. The number of hydrogen-bond acceptors (Lipinski definition) is 4. The van der Waals surface area contributed by atoms with Gasteiger partial charge >= 0.3 is 0 Å². The number of halogens is 1. The number of fused-ring (bicyclic) bond motifs is 1. The number of ether oxygens (including phenoxy) is 2. The van der Waals surface area contributed by atoms with Gasteiger partial charge in [0.05, 0.1) is 18.5 Å².